The first-order valence-corrected chi connectivity index (χ1v) is 6.95. The van der Waals surface area contributed by atoms with E-state index in [2.05, 4.69) is 20.4 Å². The maximum Gasteiger partial charge on any atom is 0.188 e. The number of nitrogens with one attached hydrogen (secondary N) is 1. The number of anilines is 1. The molecule has 0 spiro atoms. The predicted molar refractivity (Wildman–Crippen MR) is 77.9 cm³/mol. The first-order valence-electron chi connectivity index (χ1n) is 5.96. The zero-order valence-corrected chi connectivity index (χ0v) is 12.1. The summed E-state index contributed by atoms with van der Waals surface area (Å²) in [5.74, 6) is 6.09. The Kier molecular flexibility index (Phi) is 4.34. The van der Waals surface area contributed by atoms with Crippen LogP contribution in [0.15, 0.2) is 23.5 Å². The summed E-state index contributed by atoms with van der Waals surface area (Å²) in [4.78, 5) is 13.2. The topological polar surface area (TPSA) is 76.7 Å². The van der Waals surface area contributed by atoms with E-state index in [4.69, 9.17) is 5.84 Å². The summed E-state index contributed by atoms with van der Waals surface area (Å²) < 4.78 is 0. The Hall–Kier alpha value is -1.66. The van der Waals surface area contributed by atoms with Crippen LogP contribution < -0.4 is 11.3 Å². The number of hydrogen-bond acceptors (Lipinski definition) is 6. The average Bonchev–Trinajstić information content (AvgIpc) is 2.42. The molecule has 2 aromatic rings. The third-order valence-electron chi connectivity index (χ3n) is 2.94. The number of nitrogens with two attached hydrogens (primary N) is 1. The van der Waals surface area contributed by atoms with Crippen molar-refractivity contribution in [3.05, 3.63) is 41.0 Å². The number of thioether (sulfide) groups is 1. The lowest BCUT2D eigenvalue weighted by molar-refractivity contribution is 0.880. The fourth-order valence-corrected chi connectivity index (χ4v) is 2.43. The van der Waals surface area contributed by atoms with Gasteiger partial charge in [-0.05, 0) is 38.5 Å². The lowest BCUT2D eigenvalue weighted by Crippen LogP contribution is -2.07. The standard InChI is InChI=1S/C13H17N5S/c1-8-9(2)16-13(17-10(8)3)19-7-12-6-11(18-14)4-5-15-12/h4-6H,7,14H2,1-3H3,(H,15,18). The fourth-order valence-electron chi connectivity index (χ4n) is 1.59. The molecule has 0 radical (unpaired) electrons. The number of hydrazine groups is 1. The van der Waals surface area contributed by atoms with Crippen LogP contribution in [0.2, 0.25) is 0 Å². The summed E-state index contributed by atoms with van der Waals surface area (Å²) in [6, 6.07) is 3.74. The van der Waals surface area contributed by atoms with Gasteiger partial charge in [0, 0.05) is 23.3 Å². The number of rotatable bonds is 4. The number of nitrogen functional groups attached to an aromatic ring is 1. The maximum absolute atomic E-state index is 5.37. The molecule has 2 aromatic heterocycles. The van der Waals surface area contributed by atoms with Gasteiger partial charge in [0.1, 0.15) is 0 Å². The number of aryl methyl sites for hydroxylation is 2. The molecule has 0 saturated carbocycles. The monoisotopic (exact) mass is 275 g/mol. The SMILES string of the molecule is Cc1nc(SCc2cc(NN)ccn2)nc(C)c1C. The molecule has 0 aliphatic rings. The average molecular weight is 275 g/mol. The van der Waals surface area contributed by atoms with Gasteiger partial charge in [-0.25, -0.2) is 9.97 Å². The molecule has 0 aromatic carbocycles. The van der Waals surface area contributed by atoms with Gasteiger partial charge in [0.05, 0.1) is 11.4 Å². The zero-order valence-electron chi connectivity index (χ0n) is 11.3. The summed E-state index contributed by atoms with van der Waals surface area (Å²) in [6.45, 7) is 6.05. The maximum atomic E-state index is 5.37. The van der Waals surface area contributed by atoms with Crippen molar-refractivity contribution in [3.63, 3.8) is 0 Å². The third kappa shape index (κ3) is 3.42. The van der Waals surface area contributed by atoms with Crippen LogP contribution in [0.4, 0.5) is 5.69 Å². The van der Waals surface area contributed by atoms with Crippen molar-refractivity contribution < 1.29 is 0 Å². The van der Waals surface area contributed by atoms with Gasteiger partial charge in [-0.2, -0.15) is 0 Å². The van der Waals surface area contributed by atoms with Crippen molar-refractivity contribution in [1.82, 2.24) is 15.0 Å². The molecular weight excluding hydrogens is 258 g/mol. The lowest BCUT2D eigenvalue weighted by atomic mass is 10.2. The van der Waals surface area contributed by atoms with Gasteiger partial charge >= 0.3 is 0 Å². The largest absolute Gasteiger partial charge is 0.324 e. The van der Waals surface area contributed by atoms with E-state index in [9.17, 15) is 0 Å². The lowest BCUT2D eigenvalue weighted by Gasteiger charge is -2.07. The van der Waals surface area contributed by atoms with E-state index in [1.54, 1.807) is 18.0 Å². The highest BCUT2D eigenvalue weighted by Crippen LogP contribution is 2.21. The minimum Gasteiger partial charge on any atom is -0.324 e. The summed E-state index contributed by atoms with van der Waals surface area (Å²) in [7, 11) is 0. The van der Waals surface area contributed by atoms with Crippen molar-refractivity contribution in [2.45, 2.75) is 31.7 Å². The van der Waals surface area contributed by atoms with Gasteiger partial charge in [-0.3, -0.25) is 10.8 Å². The molecule has 0 saturated heterocycles. The Bertz CT molecular complexity index is 562. The second kappa shape index (κ2) is 5.99. The molecule has 3 N–H and O–H groups in total. The molecule has 2 rings (SSSR count). The van der Waals surface area contributed by atoms with E-state index >= 15 is 0 Å². The van der Waals surface area contributed by atoms with Crippen LogP contribution in [0.5, 0.6) is 0 Å². The van der Waals surface area contributed by atoms with E-state index in [0.29, 0.717) is 0 Å². The second-order valence-corrected chi connectivity index (χ2v) is 5.21. The van der Waals surface area contributed by atoms with Crippen molar-refractivity contribution in [2.75, 3.05) is 5.43 Å². The molecule has 5 nitrogen and oxygen atoms in total. The second-order valence-electron chi connectivity index (χ2n) is 4.27. The number of hydrogen-bond donors (Lipinski definition) is 2. The van der Waals surface area contributed by atoms with E-state index in [0.717, 1.165) is 39.2 Å². The van der Waals surface area contributed by atoms with Gasteiger partial charge < -0.3 is 5.43 Å². The smallest absolute Gasteiger partial charge is 0.188 e. The van der Waals surface area contributed by atoms with Gasteiger partial charge in [-0.15, -0.1) is 0 Å². The summed E-state index contributed by atoms with van der Waals surface area (Å²) >= 11 is 1.58. The van der Waals surface area contributed by atoms with Gasteiger partial charge in [-0.1, -0.05) is 11.8 Å². The Morgan fingerprint density at radius 2 is 1.89 bits per heavy atom. The van der Waals surface area contributed by atoms with Crippen LogP contribution in [-0.4, -0.2) is 15.0 Å². The normalized spacial score (nSPS) is 10.5. The van der Waals surface area contributed by atoms with E-state index in [-0.39, 0.29) is 0 Å². The van der Waals surface area contributed by atoms with Crippen LogP contribution >= 0.6 is 11.8 Å². The van der Waals surface area contributed by atoms with Crippen molar-refractivity contribution in [3.8, 4) is 0 Å². The minimum atomic E-state index is 0.720. The van der Waals surface area contributed by atoms with E-state index in [1.165, 1.54) is 0 Å². The molecule has 0 fully saturated rings. The molecule has 0 unspecified atom stereocenters. The molecule has 0 amide bonds. The molecule has 2 heterocycles. The first kappa shape index (κ1) is 13.8. The molecule has 0 bridgehead atoms. The highest BCUT2D eigenvalue weighted by atomic mass is 32.2. The quantitative estimate of drug-likeness (QED) is 0.386. The molecule has 100 valence electrons. The predicted octanol–water partition coefficient (Wildman–Crippen LogP) is 2.37. The molecule has 0 aliphatic heterocycles. The summed E-state index contributed by atoms with van der Waals surface area (Å²) in [5.41, 5.74) is 7.61. The Morgan fingerprint density at radius 1 is 1.21 bits per heavy atom. The summed E-state index contributed by atoms with van der Waals surface area (Å²) in [6.07, 6.45) is 1.73. The minimum absolute atomic E-state index is 0.720. The fraction of sp³-hybridized carbons (Fsp3) is 0.308. The Morgan fingerprint density at radius 3 is 2.53 bits per heavy atom. The number of pyridine rings is 1. The number of aromatic nitrogens is 3. The first-order chi connectivity index (χ1) is 9.10. The van der Waals surface area contributed by atoms with Crippen LogP contribution in [0.25, 0.3) is 0 Å². The molecule has 0 aliphatic carbocycles. The van der Waals surface area contributed by atoms with Gasteiger partial charge in [0.25, 0.3) is 0 Å². The van der Waals surface area contributed by atoms with Crippen molar-refractivity contribution in [2.24, 2.45) is 5.84 Å². The third-order valence-corrected chi connectivity index (χ3v) is 3.83. The van der Waals surface area contributed by atoms with Crippen LogP contribution in [-0.2, 0) is 5.75 Å². The van der Waals surface area contributed by atoms with Gasteiger partial charge in [0.15, 0.2) is 5.16 Å². The molecule has 0 atom stereocenters. The Balaban J connectivity index is 2.10. The van der Waals surface area contributed by atoms with Crippen molar-refractivity contribution in [1.29, 1.82) is 0 Å². The van der Waals surface area contributed by atoms with Crippen molar-refractivity contribution >= 4 is 17.4 Å². The summed E-state index contributed by atoms with van der Waals surface area (Å²) in [5, 5.41) is 0.786. The molecular formula is C13H17N5S. The van der Waals surface area contributed by atoms with E-state index < -0.39 is 0 Å². The van der Waals surface area contributed by atoms with E-state index in [1.807, 2.05) is 32.9 Å². The van der Waals surface area contributed by atoms with Crippen LogP contribution in [0.1, 0.15) is 22.6 Å². The highest BCUT2D eigenvalue weighted by molar-refractivity contribution is 7.98. The Labute approximate surface area is 117 Å². The highest BCUT2D eigenvalue weighted by Gasteiger charge is 2.06. The van der Waals surface area contributed by atoms with Crippen LogP contribution in [0, 0.1) is 20.8 Å². The van der Waals surface area contributed by atoms with Gasteiger partial charge in [0.2, 0.25) is 0 Å². The zero-order chi connectivity index (χ0) is 13.8. The molecule has 6 heteroatoms. The number of nitrogens with zero attached hydrogens (tertiary/aromatic N) is 3. The molecule has 19 heavy (non-hydrogen) atoms. The van der Waals surface area contributed by atoms with Crippen LogP contribution in [0.3, 0.4) is 0 Å².